The molecule has 2 aromatic heterocycles. The van der Waals surface area contributed by atoms with E-state index in [1.54, 1.807) is 3.97 Å². The minimum absolute atomic E-state index is 0.166. The first kappa shape index (κ1) is 12.9. The number of aromatic nitrogens is 2. The molecule has 0 unspecified atom stereocenters. The zero-order valence-electron chi connectivity index (χ0n) is 8.35. The summed E-state index contributed by atoms with van der Waals surface area (Å²) in [6.07, 6.45) is 3.01. The van der Waals surface area contributed by atoms with Crippen molar-refractivity contribution in [1.82, 2.24) is 8.96 Å². The van der Waals surface area contributed by atoms with Crippen LogP contribution in [0.4, 0.5) is 0 Å². The maximum atomic E-state index is 11.2. The molecule has 17 heavy (non-hydrogen) atoms. The Kier molecular flexibility index (Phi) is 3.81. The van der Waals surface area contributed by atoms with Crippen LogP contribution in [-0.4, -0.2) is 20.0 Å². The maximum absolute atomic E-state index is 11.2. The molecule has 0 atom stereocenters. The molecule has 0 aromatic carbocycles. The molecule has 3 N–H and O–H groups in total. The monoisotopic (exact) mass is 383 g/mol. The molecule has 0 aliphatic heterocycles. The van der Waals surface area contributed by atoms with Gasteiger partial charge < -0.3 is 10.8 Å². The first-order chi connectivity index (χ1) is 8.10. The Bertz CT molecular complexity index is 601. The fraction of sp³-hybridized carbons (Fsp3) is 0.111. The van der Waals surface area contributed by atoms with E-state index in [4.69, 9.17) is 22.4 Å². The van der Waals surface area contributed by atoms with E-state index in [2.05, 4.69) is 26.2 Å². The summed E-state index contributed by atoms with van der Waals surface area (Å²) >= 11 is 8.03. The van der Waals surface area contributed by atoms with Crippen LogP contribution in [-0.2, 0) is 6.54 Å². The summed E-state index contributed by atoms with van der Waals surface area (Å²) < 4.78 is 1.68. The van der Waals surface area contributed by atoms with Gasteiger partial charge >= 0.3 is 5.97 Å². The van der Waals surface area contributed by atoms with Crippen molar-refractivity contribution in [3.05, 3.63) is 28.5 Å². The van der Waals surface area contributed by atoms with Crippen LogP contribution >= 0.6 is 41.9 Å². The highest BCUT2D eigenvalue weighted by Gasteiger charge is 2.19. The number of hydrogen-bond acceptors (Lipinski definition) is 4. The van der Waals surface area contributed by atoms with Crippen molar-refractivity contribution >= 4 is 58.9 Å². The van der Waals surface area contributed by atoms with Crippen LogP contribution in [0.2, 0.25) is 5.02 Å². The molecule has 2 heterocycles. The van der Waals surface area contributed by atoms with Crippen LogP contribution in [0.25, 0.3) is 11.0 Å². The van der Waals surface area contributed by atoms with E-state index in [-0.39, 0.29) is 12.1 Å². The number of carbonyl (C=O) groups is 1. The van der Waals surface area contributed by atoms with Crippen molar-refractivity contribution < 1.29 is 9.90 Å². The van der Waals surface area contributed by atoms with Gasteiger partial charge in [0.2, 0.25) is 0 Å². The van der Waals surface area contributed by atoms with Crippen LogP contribution in [0.5, 0.6) is 0 Å². The molecule has 90 valence electrons. The zero-order chi connectivity index (χ0) is 12.6. The lowest BCUT2D eigenvalue weighted by atomic mass is 10.1. The van der Waals surface area contributed by atoms with Gasteiger partial charge in [0.05, 0.1) is 10.6 Å². The molecule has 2 aromatic rings. The molecule has 2 rings (SSSR count). The lowest BCUT2D eigenvalue weighted by Gasteiger charge is -2.04. The SMILES string of the molecule is NCc1c(Cl)cnc2c1c(C(=O)O)cn2SI. The van der Waals surface area contributed by atoms with Gasteiger partial charge in [-0.2, -0.15) is 0 Å². The lowest BCUT2D eigenvalue weighted by Crippen LogP contribution is -2.02. The number of carboxylic acids is 1. The summed E-state index contributed by atoms with van der Waals surface area (Å²) in [6.45, 7) is 0.175. The van der Waals surface area contributed by atoms with Crippen molar-refractivity contribution in [3.8, 4) is 0 Å². The minimum atomic E-state index is -1.02. The number of rotatable bonds is 3. The average molecular weight is 384 g/mol. The molecule has 0 aliphatic carbocycles. The van der Waals surface area contributed by atoms with Crippen LogP contribution in [0.1, 0.15) is 15.9 Å². The Labute approximate surface area is 118 Å². The normalized spacial score (nSPS) is 11.0. The number of carboxylic acid groups (broad SMARTS) is 1. The molecular weight excluding hydrogens is 377 g/mol. The quantitative estimate of drug-likeness (QED) is 0.797. The number of fused-ring (bicyclic) bond motifs is 1. The molecule has 0 fully saturated rings. The summed E-state index contributed by atoms with van der Waals surface area (Å²) in [5.74, 6) is -1.02. The standard InChI is InChI=1S/C9H7ClIN3O2S/c10-6-2-13-8-7(4(6)1-12)5(9(15)16)3-14(8)17-11/h2-3H,1,12H2,(H,15,16). The van der Waals surface area contributed by atoms with Gasteiger partial charge in [-0.1, -0.05) is 11.6 Å². The van der Waals surface area contributed by atoms with Gasteiger partial charge in [0.15, 0.2) is 5.65 Å². The van der Waals surface area contributed by atoms with Gasteiger partial charge in [-0.15, -0.1) is 0 Å². The molecule has 0 amide bonds. The van der Waals surface area contributed by atoms with Crippen molar-refractivity contribution in [1.29, 1.82) is 0 Å². The number of pyridine rings is 1. The van der Waals surface area contributed by atoms with Gasteiger partial charge in [0.25, 0.3) is 0 Å². The highest BCUT2D eigenvalue weighted by Crippen LogP contribution is 2.32. The molecule has 0 bridgehead atoms. The smallest absolute Gasteiger partial charge is 0.337 e. The second kappa shape index (κ2) is 5.01. The van der Waals surface area contributed by atoms with Crippen LogP contribution in [0.15, 0.2) is 12.4 Å². The second-order valence-electron chi connectivity index (χ2n) is 3.23. The highest BCUT2D eigenvalue weighted by molar-refractivity contribution is 14.2. The molecule has 0 spiro atoms. The number of nitrogens with zero attached hydrogens (tertiary/aromatic N) is 2. The van der Waals surface area contributed by atoms with Crippen molar-refractivity contribution in [3.63, 3.8) is 0 Å². The Morgan fingerprint density at radius 1 is 1.71 bits per heavy atom. The van der Waals surface area contributed by atoms with Gasteiger partial charge in [0.1, 0.15) is 0 Å². The maximum Gasteiger partial charge on any atom is 0.337 e. The van der Waals surface area contributed by atoms with E-state index in [1.165, 1.54) is 21.5 Å². The number of nitrogens with two attached hydrogens (primary N) is 1. The number of halogens is 2. The molecule has 0 saturated heterocycles. The van der Waals surface area contributed by atoms with Gasteiger partial charge in [-0.05, 0) is 5.56 Å². The predicted molar refractivity (Wildman–Crippen MR) is 76.6 cm³/mol. The third kappa shape index (κ3) is 2.12. The van der Waals surface area contributed by atoms with Gasteiger partial charge in [-0.3, -0.25) is 3.97 Å². The Balaban J connectivity index is 2.91. The van der Waals surface area contributed by atoms with Crippen LogP contribution in [0, 0.1) is 0 Å². The third-order valence-corrected chi connectivity index (χ3v) is 4.37. The van der Waals surface area contributed by atoms with Gasteiger partial charge in [-0.25, -0.2) is 9.78 Å². The van der Waals surface area contributed by atoms with E-state index in [0.717, 1.165) is 0 Å². The summed E-state index contributed by atoms with van der Waals surface area (Å²) in [4.78, 5) is 15.3. The summed E-state index contributed by atoms with van der Waals surface area (Å²) in [5.41, 5.74) is 6.95. The molecular formula is C9H7ClIN3O2S. The first-order valence-corrected chi connectivity index (χ1v) is 8.20. The number of aromatic carboxylic acids is 1. The van der Waals surface area contributed by atoms with E-state index in [0.29, 0.717) is 21.6 Å². The molecule has 5 nitrogen and oxygen atoms in total. The van der Waals surface area contributed by atoms with Crippen LogP contribution < -0.4 is 5.73 Å². The largest absolute Gasteiger partial charge is 0.478 e. The summed E-state index contributed by atoms with van der Waals surface area (Å²) in [5, 5.41) is 10.1. The Morgan fingerprint density at radius 2 is 2.41 bits per heavy atom. The first-order valence-electron chi connectivity index (χ1n) is 4.51. The van der Waals surface area contributed by atoms with E-state index in [9.17, 15) is 4.79 Å². The second-order valence-corrected chi connectivity index (χ2v) is 5.35. The highest BCUT2D eigenvalue weighted by atomic mass is 127. The van der Waals surface area contributed by atoms with Crippen molar-refractivity contribution in [2.45, 2.75) is 6.54 Å². The molecule has 0 aliphatic rings. The fourth-order valence-corrected chi connectivity index (χ4v) is 3.09. The molecule has 0 radical (unpaired) electrons. The van der Waals surface area contributed by atoms with Crippen molar-refractivity contribution in [2.75, 3.05) is 0 Å². The Hall–Kier alpha value is -0.510. The minimum Gasteiger partial charge on any atom is -0.478 e. The van der Waals surface area contributed by atoms with E-state index in [1.807, 2.05) is 0 Å². The van der Waals surface area contributed by atoms with E-state index >= 15 is 0 Å². The van der Waals surface area contributed by atoms with Crippen LogP contribution in [0.3, 0.4) is 0 Å². The third-order valence-electron chi connectivity index (χ3n) is 2.35. The average Bonchev–Trinajstić information content (AvgIpc) is 2.67. The fourth-order valence-electron chi connectivity index (χ4n) is 1.62. The zero-order valence-corrected chi connectivity index (χ0v) is 12.1. The van der Waals surface area contributed by atoms with E-state index < -0.39 is 5.97 Å². The van der Waals surface area contributed by atoms with Crippen molar-refractivity contribution in [2.24, 2.45) is 5.73 Å². The summed E-state index contributed by atoms with van der Waals surface area (Å²) in [7, 11) is 1.34. The lowest BCUT2D eigenvalue weighted by molar-refractivity contribution is 0.0699. The topological polar surface area (TPSA) is 81.1 Å². The Morgan fingerprint density at radius 3 is 2.94 bits per heavy atom. The number of hydrogen-bond donors (Lipinski definition) is 2. The molecule has 8 heteroatoms. The van der Waals surface area contributed by atoms with Gasteiger partial charge in [0, 0.05) is 54.6 Å². The summed E-state index contributed by atoms with van der Waals surface area (Å²) in [6, 6.07) is 0. The predicted octanol–water partition coefficient (Wildman–Crippen LogP) is 2.69. The molecule has 0 saturated carbocycles.